The quantitative estimate of drug-likeness (QED) is 0.732. The lowest BCUT2D eigenvalue weighted by atomic mass is 10.0. The van der Waals surface area contributed by atoms with Crippen LogP contribution in [0.25, 0.3) is 0 Å². The van der Waals surface area contributed by atoms with Crippen molar-refractivity contribution in [1.82, 2.24) is 0 Å². The van der Waals surface area contributed by atoms with Crippen molar-refractivity contribution >= 4 is 0 Å². The first-order valence-electron chi connectivity index (χ1n) is 7.69. The summed E-state index contributed by atoms with van der Waals surface area (Å²) in [5.74, 6) is 2.27. The molecule has 0 aliphatic carbocycles. The highest BCUT2D eigenvalue weighted by atomic mass is 16.5. The molecule has 20 heavy (non-hydrogen) atoms. The van der Waals surface area contributed by atoms with E-state index in [0.29, 0.717) is 5.92 Å². The van der Waals surface area contributed by atoms with E-state index in [1.165, 1.54) is 19.3 Å². The topological polar surface area (TPSA) is 44.5 Å². The van der Waals surface area contributed by atoms with Gasteiger partial charge in [-0.05, 0) is 31.4 Å². The van der Waals surface area contributed by atoms with Gasteiger partial charge in [0.25, 0.3) is 0 Å². The summed E-state index contributed by atoms with van der Waals surface area (Å²) in [6, 6.07) is 5.76. The van der Waals surface area contributed by atoms with Crippen LogP contribution >= 0.6 is 0 Å². The maximum atomic E-state index is 6.05. The predicted octanol–water partition coefficient (Wildman–Crippen LogP) is 4.31. The molecule has 0 bridgehead atoms. The maximum absolute atomic E-state index is 6.05. The first-order valence-corrected chi connectivity index (χ1v) is 7.69. The first kappa shape index (κ1) is 16.8. The summed E-state index contributed by atoms with van der Waals surface area (Å²) in [4.78, 5) is 0. The van der Waals surface area contributed by atoms with Gasteiger partial charge in [-0.25, -0.2) is 0 Å². The Morgan fingerprint density at radius 3 is 2.45 bits per heavy atom. The molecule has 0 radical (unpaired) electrons. The molecule has 3 nitrogen and oxygen atoms in total. The standard InChI is InChI=1S/C17H29NO2/c1-5-7-9-14(6-2)12-20-16-11-8-10-15(19-4)17(16)13(3)18/h8,10-11,13-14H,5-7,9,12,18H2,1-4H3. The summed E-state index contributed by atoms with van der Waals surface area (Å²) in [7, 11) is 1.67. The summed E-state index contributed by atoms with van der Waals surface area (Å²) in [5.41, 5.74) is 7.01. The smallest absolute Gasteiger partial charge is 0.127 e. The Hall–Kier alpha value is -1.22. The average molecular weight is 279 g/mol. The second kappa shape index (κ2) is 8.85. The molecule has 1 rings (SSSR count). The van der Waals surface area contributed by atoms with Crippen LogP contribution in [0.2, 0.25) is 0 Å². The minimum absolute atomic E-state index is 0.100. The molecule has 0 aliphatic rings. The Bertz CT molecular complexity index is 391. The zero-order valence-electron chi connectivity index (χ0n) is 13.3. The lowest BCUT2D eigenvalue weighted by molar-refractivity contribution is 0.229. The van der Waals surface area contributed by atoms with Gasteiger partial charge in [-0.2, -0.15) is 0 Å². The number of methoxy groups -OCH3 is 1. The van der Waals surface area contributed by atoms with Crippen LogP contribution in [0.1, 0.15) is 58.1 Å². The molecule has 0 aliphatic heterocycles. The summed E-state index contributed by atoms with van der Waals surface area (Å²) >= 11 is 0. The van der Waals surface area contributed by atoms with Gasteiger partial charge in [0.1, 0.15) is 11.5 Å². The lowest BCUT2D eigenvalue weighted by Crippen LogP contribution is -2.14. The molecule has 2 atom stereocenters. The van der Waals surface area contributed by atoms with Crippen LogP contribution < -0.4 is 15.2 Å². The number of unbranched alkanes of at least 4 members (excludes halogenated alkanes) is 1. The SMILES string of the molecule is CCCCC(CC)COc1cccc(OC)c1C(C)N. The van der Waals surface area contributed by atoms with E-state index in [1.807, 2.05) is 25.1 Å². The van der Waals surface area contributed by atoms with Gasteiger partial charge in [0, 0.05) is 6.04 Å². The number of hydrogen-bond acceptors (Lipinski definition) is 3. The third-order valence-corrected chi connectivity index (χ3v) is 3.72. The third-order valence-electron chi connectivity index (χ3n) is 3.72. The molecular weight excluding hydrogens is 250 g/mol. The second-order valence-electron chi connectivity index (χ2n) is 5.39. The van der Waals surface area contributed by atoms with Crippen molar-refractivity contribution in [3.05, 3.63) is 23.8 Å². The van der Waals surface area contributed by atoms with E-state index in [1.54, 1.807) is 7.11 Å². The van der Waals surface area contributed by atoms with E-state index in [4.69, 9.17) is 15.2 Å². The van der Waals surface area contributed by atoms with Gasteiger partial charge in [-0.3, -0.25) is 0 Å². The number of benzene rings is 1. The Morgan fingerprint density at radius 1 is 1.20 bits per heavy atom. The van der Waals surface area contributed by atoms with Crippen LogP contribution in [0, 0.1) is 5.92 Å². The average Bonchev–Trinajstić information content (AvgIpc) is 2.46. The maximum Gasteiger partial charge on any atom is 0.127 e. The molecular formula is C17H29NO2. The van der Waals surface area contributed by atoms with E-state index in [9.17, 15) is 0 Å². The Labute approximate surface area is 123 Å². The number of ether oxygens (including phenoxy) is 2. The van der Waals surface area contributed by atoms with E-state index < -0.39 is 0 Å². The summed E-state index contributed by atoms with van der Waals surface area (Å²) in [5, 5.41) is 0. The third kappa shape index (κ3) is 4.71. The zero-order chi connectivity index (χ0) is 15.0. The molecule has 1 aromatic rings. The molecule has 0 amide bonds. The molecule has 1 aromatic carbocycles. The minimum Gasteiger partial charge on any atom is -0.496 e. The van der Waals surface area contributed by atoms with Crippen LogP contribution in [0.4, 0.5) is 0 Å². The highest BCUT2D eigenvalue weighted by Gasteiger charge is 2.15. The molecule has 0 heterocycles. The van der Waals surface area contributed by atoms with Gasteiger partial charge in [0.2, 0.25) is 0 Å². The summed E-state index contributed by atoms with van der Waals surface area (Å²) in [6.45, 7) is 7.16. The van der Waals surface area contributed by atoms with Gasteiger partial charge in [0.15, 0.2) is 0 Å². The zero-order valence-corrected chi connectivity index (χ0v) is 13.3. The van der Waals surface area contributed by atoms with Gasteiger partial charge in [-0.1, -0.05) is 39.2 Å². The van der Waals surface area contributed by atoms with Crippen molar-refractivity contribution in [2.75, 3.05) is 13.7 Å². The Kier molecular flexibility index (Phi) is 7.45. The van der Waals surface area contributed by atoms with Crippen molar-refractivity contribution < 1.29 is 9.47 Å². The molecule has 0 saturated heterocycles. The summed E-state index contributed by atoms with van der Waals surface area (Å²) in [6.07, 6.45) is 4.88. The first-order chi connectivity index (χ1) is 9.63. The molecule has 0 spiro atoms. The lowest BCUT2D eigenvalue weighted by Gasteiger charge is -2.20. The fourth-order valence-electron chi connectivity index (χ4n) is 2.38. The monoisotopic (exact) mass is 279 g/mol. The molecule has 0 fully saturated rings. The van der Waals surface area contributed by atoms with Gasteiger partial charge >= 0.3 is 0 Å². The normalized spacial score (nSPS) is 13.8. The van der Waals surface area contributed by atoms with Crippen LogP contribution in [0.3, 0.4) is 0 Å². The highest BCUT2D eigenvalue weighted by molar-refractivity contribution is 5.46. The van der Waals surface area contributed by atoms with E-state index >= 15 is 0 Å². The summed E-state index contributed by atoms with van der Waals surface area (Å²) < 4.78 is 11.4. The fraction of sp³-hybridized carbons (Fsp3) is 0.647. The minimum atomic E-state index is -0.100. The highest BCUT2D eigenvalue weighted by Crippen LogP contribution is 2.33. The molecule has 2 unspecified atom stereocenters. The number of hydrogen-bond donors (Lipinski definition) is 1. The largest absolute Gasteiger partial charge is 0.496 e. The Balaban J connectivity index is 2.76. The molecule has 114 valence electrons. The van der Waals surface area contributed by atoms with Gasteiger partial charge in [0.05, 0.1) is 19.3 Å². The Morgan fingerprint density at radius 2 is 1.90 bits per heavy atom. The van der Waals surface area contributed by atoms with Crippen LogP contribution in [-0.4, -0.2) is 13.7 Å². The van der Waals surface area contributed by atoms with Crippen molar-refractivity contribution in [1.29, 1.82) is 0 Å². The van der Waals surface area contributed by atoms with Crippen LogP contribution in [0.5, 0.6) is 11.5 Å². The van der Waals surface area contributed by atoms with E-state index in [-0.39, 0.29) is 6.04 Å². The van der Waals surface area contributed by atoms with Crippen LogP contribution in [-0.2, 0) is 0 Å². The van der Waals surface area contributed by atoms with E-state index in [0.717, 1.165) is 30.1 Å². The number of nitrogens with two attached hydrogens (primary N) is 1. The molecule has 0 saturated carbocycles. The fourth-order valence-corrected chi connectivity index (χ4v) is 2.38. The molecule has 2 N–H and O–H groups in total. The van der Waals surface area contributed by atoms with Crippen molar-refractivity contribution in [3.63, 3.8) is 0 Å². The van der Waals surface area contributed by atoms with Gasteiger partial charge < -0.3 is 15.2 Å². The van der Waals surface area contributed by atoms with Gasteiger partial charge in [-0.15, -0.1) is 0 Å². The van der Waals surface area contributed by atoms with Crippen molar-refractivity contribution in [3.8, 4) is 11.5 Å². The predicted molar refractivity (Wildman–Crippen MR) is 84.4 cm³/mol. The van der Waals surface area contributed by atoms with Crippen molar-refractivity contribution in [2.45, 2.75) is 52.5 Å². The second-order valence-corrected chi connectivity index (χ2v) is 5.39. The molecule has 0 aromatic heterocycles. The van der Waals surface area contributed by atoms with Crippen LogP contribution in [0.15, 0.2) is 18.2 Å². The van der Waals surface area contributed by atoms with E-state index in [2.05, 4.69) is 13.8 Å². The van der Waals surface area contributed by atoms with Crippen molar-refractivity contribution in [2.24, 2.45) is 11.7 Å². The number of rotatable bonds is 9. The molecule has 3 heteroatoms.